The average Bonchev–Trinajstić information content (AvgIpc) is 3.20. The van der Waals surface area contributed by atoms with E-state index in [0.717, 1.165) is 17.8 Å². The third-order valence-electron chi connectivity index (χ3n) is 3.99. The average molecular weight is 381 g/mol. The van der Waals surface area contributed by atoms with Gasteiger partial charge in [-0.15, -0.1) is 0 Å². The van der Waals surface area contributed by atoms with E-state index in [2.05, 4.69) is 32.0 Å². The highest BCUT2D eigenvalue weighted by atomic mass is 19.1. The molecule has 0 spiro atoms. The van der Waals surface area contributed by atoms with E-state index >= 15 is 0 Å². The first-order valence-corrected chi connectivity index (χ1v) is 8.63. The number of halogens is 1. The summed E-state index contributed by atoms with van der Waals surface area (Å²) >= 11 is 0. The smallest absolute Gasteiger partial charge is 0.358 e. The Morgan fingerprint density at radius 3 is 2.82 bits per heavy atom. The predicted octanol–water partition coefficient (Wildman–Crippen LogP) is 4.01. The van der Waals surface area contributed by atoms with Gasteiger partial charge in [-0.1, -0.05) is 12.7 Å². The second-order valence-corrected chi connectivity index (χ2v) is 5.82. The molecule has 0 aliphatic carbocycles. The van der Waals surface area contributed by atoms with Crippen molar-refractivity contribution in [3.05, 3.63) is 66.4 Å². The highest BCUT2D eigenvalue weighted by Crippen LogP contribution is 2.25. The molecule has 0 fully saturated rings. The van der Waals surface area contributed by atoms with Crippen molar-refractivity contribution < 1.29 is 13.9 Å². The summed E-state index contributed by atoms with van der Waals surface area (Å²) in [6.07, 6.45) is 4.93. The SMILES string of the molecule is C=Cc1cnc(Nc2ccc(-n3ccc(C(=O)OC)n3)cc2F)cc1NCC. The van der Waals surface area contributed by atoms with E-state index in [4.69, 9.17) is 0 Å². The monoisotopic (exact) mass is 381 g/mol. The largest absolute Gasteiger partial charge is 0.464 e. The molecular formula is C20H20FN5O2. The Bertz CT molecular complexity index is 1020. The summed E-state index contributed by atoms with van der Waals surface area (Å²) < 4.78 is 20.6. The van der Waals surface area contributed by atoms with E-state index in [1.54, 1.807) is 36.7 Å². The molecule has 3 rings (SSSR count). The van der Waals surface area contributed by atoms with Gasteiger partial charge in [-0.3, -0.25) is 0 Å². The number of anilines is 3. The van der Waals surface area contributed by atoms with Gasteiger partial charge in [0.05, 0.1) is 18.5 Å². The van der Waals surface area contributed by atoms with Crippen molar-refractivity contribution in [2.45, 2.75) is 6.92 Å². The van der Waals surface area contributed by atoms with Crippen molar-refractivity contribution >= 4 is 29.2 Å². The maximum Gasteiger partial charge on any atom is 0.358 e. The number of methoxy groups -OCH3 is 1. The van der Waals surface area contributed by atoms with E-state index < -0.39 is 11.8 Å². The first-order chi connectivity index (χ1) is 13.5. The Hall–Kier alpha value is -3.68. The Balaban J connectivity index is 1.83. The number of nitrogens with one attached hydrogen (secondary N) is 2. The van der Waals surface area contributed by atoms with Crippen LogP contribution in [-0.2, 0) is 4.74 Å². The van der Waals surface area contributed by atoms with E-state index in [9.17, 15) is 9.18 Å². The summed E-state index contributed by atoms with van der Waals surface area (Å²) in [5, 5.41) is 10.3. The minimum Gasteiger partial charge on any atom is -0.464 e. The third kappa shape index (κ3) is 4.01. The highest BCUT2D eigenvalue weighted by Gasteiger charge is 2.12. The van der Waals surface area contributed by atoms with Crippen LogP contribution in [0.25, 0.3) is 11.8 Å². The number of nitrogens with zero attached hydrogens (tertiary/aromatic N) is 3. The molecule has 0 atom stereocenters. The lowest BCUT2D eigenvalue weighted by molar-refractivity contribution is 0.0593. The lowest BCUT2D eigenvalue weighted by Crippen LogP contribution is -2.05. The van der Waals surface area contributed by atoms with E-state index in [1.807, 2.05) is 6.92 Å². The lowest BCUT2D eigenvalue weighted by atomic mass is 10.2. The molecule has 2 heterocycles. The third-order valence-corrected chi connectivity index (χ3v) is 3.99. The summed E-state index contributed by atoms with van der Waals surface area (Å²) in [5.74, 6) is -0.532. The molecule has 7 nitrogen and oxygen atoms in total. The number of hydrogen-bond acceptors (Lipinski definition) is 6. The van der Waals surface area contributed by atoms with Gasteiger partial charge < -0.3 is 15.4 Å². The van der Waals surface area contributed by atoms with E-state index in [0.29, 0.717) is 11.5 Å². The maximum atomic E-state index is 14.6. The van der Waals surface area contributed by atoms with Gasteiger partial charge in [-0.25, -0.2) is 18.9 Å². The van der Waals surface area contributed by atoms with Crippen molar-refractivity contribution in [3.8, 4) is 5.69 Å². The fraction of sp³-hybridized carbons (Fsp3) is 0.150. The summed E-state index contributed by atoms with van der Waals surface area (Å²) in [4.78, 5) is 15.8. The Labute approximate surface area is 161 Å². The normalized spacial score (nSPS) is 10.4. The van der Waals surface area contributed by atoms with Crippen LogP contribution in [0.15, 0.2) is 49.3 Å². The van der Waals surface area contributed by atoms with Gasteiger partial charge in [0.25, 0.3) is 0 Å². The van der Waals surface area contributed by atoms with Gasteiger partial charge in [0.2, 0.25) is 0 Å². The number of esters is 1. The molecule has 2 aromatic heterocycles. The quantitative estimate of drug-likeness (QED) is 0.602. The van der Waals surface area contributed by atoms with Crippen molar-refractivity contribution in [1.82, 2.24) is 14.8 Å². The zero-order valence-electron chi connectivity index (χ0n) is 15.6. The molecule has 0 saturated carbocycles. The Morgan fingerprint density at radius 2 is 2.14 bits per heavy atom. The number of carbonyl (C=O) groups is 1. The molecule has 8 heteroatoms. The second kappa shape index (κ2) is 8.34. The number of ether oxygens (including phenoxy) is 1. The number of aromatic nitrogens is 3. The Kier molecular flexibility index (Phi) is 5.69. The first-order valence-electron chi connectivity index (χ1n) is 8.63. The predicted molar refractivity (Wildman–Crippen MR) is 107 cm³/mol. The molecule has 0 radical (unpaired) electrons. The maximum absolute atomic E-state index is 14.6. The van der Waals surface area contributed by atoms with E-state index in [1.165, 1.54) is 23.9 Å². The van der Waals surface area contributed by atoms with Crippen LogP contribution >= 0.6 is 0 Å². The number of rotatable bonds is 7. The molecule has 0 saturated heterocycles. The van der Waals surface area contributed by atoms with Crippen LogP contribution in [-0.4, -0.2) is 34.4 Å². The van der Waals surface area contributed by atoms with Gasteiger partial charge in [0.1, 0.15) is 11.6 Å². The Morgan fingerprint density at radius 1 is 1.32 bits per heavy atom. The van der Waals surface area contributed by atoms with Crippen LogP contribution < -0.4 is 10.6 Å². The molecular weight excluding hydrogens is 361 g/mol. The summed E-state index contributed by atoms with van der Waals surface area (Å²) in [5.41, 5.74) is 2.61. The van der Waals surface area contributed by atoms with Crippen LogP contribution in [0.2, 0.25) is 0 Å². The molecule has 0 aliphatic heterocycles. The molecule has 144 valence electrons. The lowest BCUT2D eigenvalue weighted by Gasteiger charge is -2.12. The minimum atomic E-state index is -0.553. The van der Waals surface area contributed by atoms with Gasteiger partial charge in [0, 0.05) is 42.3 Å². The fourth-order valence-corrected chi connectivity index (χ4v) is 2.61. The van der Waals surface area contributed by atoms with E-state index in [-0.39, 0.29) is 11.4 Å². The summed E-state index contributed by atoms with van der Waals surface area (Å²) in [7, 11) is 1.28. The van der Waals surface area contributed by atoms with Crippen LogP contribution in [0.4, 0.5) is 21.6 Å². The minimum absolute atomic E-state index is 0.146. The standard InChI is InChI=1S/C20H20FN5O2/c1-4-13-12-23-19(11-18(13)22-5-2)24-16-7-6-14(10-15(16)21)26-9-8-17(25-26)20(27)28-3/h4,6-12H,1,5H2,2-3H3,(H2,22,23,24). The van der Waals surface area contributed by atoms with Crippen molar-refractivity contribution in [2.75, 3.05) is 24.3 Å². The zero-order chi connectivity index (χ0) is 20.1. The number of carbonyl (C=O) groups excluding carboxylic acids is 1. The zero-order valence-corrected chi connectivity index (χ0v) is 15.6. The van der Waals surface area contributed by atoms with Crippen LogP contribution in [0, 0.1) is 5.82 Å². The van der Waals surface area contributed by atoms with Gasteiger partial charge in [-0.2, -0.15) is 5.10 Å². The number of hydrogen-bond donors (Lipinski definition) is 2. The number of benzene rings is 1. The molecule has 1 aromatic carbocycles. The molecule has 0 bridgehead atoms. The molecule has 3 aromatic rings. The van der Waals surface area contributed by atoms with Crippen molar-refractivity contribution in [3.63, 3.8) is 0 Å². The molecule has 0 unspecified atom stereocenters. The molecule has 28 heavy (non-hydrogen) atoms. The first kappa shape index (κ1) is 19.1. The topological polar surface area (TPSA) is 81.1 Å². The molecule has 2 N–H and O–H groups in total. The summed E-state index contributed by atoms with van der Waals surface area (Å²) in [6.45, 7) is 6.49. The fourth-order valence-electron chi connectivity index (χ4n) is 2.61. The van der Waals surface area contributed by atoms with Crippen molar-refractivity contribution in [2.24, 2.45) is 0 Å². The van der Waals surface area contributed by atoms with Gasteiger partial charge in [0.15, 0.2) is 5.69 Å². The van der Waals surface area contributed by atoms with Crippen LogP contribution in [0.5, 0.6) is 0 Å². The van der Waals surface area contributed by atoms with Gasteiger partial charge in [-0.05, 0) is 25.1 Å². The molecule has 0 amide bonds. The van der Waals surface area contributed by atoms with Crippen molar-refractivity contribution in [1.29, 1.82) is 0 Å². The van der Waals surface area contributed by atoms with Gasteiger partial charge >= 0.3 is 5.97 Å². The highest BCUT2D eigenvalue weighted by molar-refractivity contribution is 5.87. The second-order valence-electron chi connectivity index (χ2n) is 5.82. The molecule has 0 aliphatic rings. The summed E-state index contributed by atoms with van der Waals surface area (Å²) in [6, 6.07) is 7.88. The van der Waals surface area contributed by atoms with Crippen LogP contribution in [0.3, 0.4) is 0 Å². The van der Waals surface area contributed by atoms with Crippen LogP contribution in [0.1, 0.15) is 23.0 Å². The number of pyridine rings is 1.